The van der Waals surface area contributed by atoms with Gasteiger partial charge >= 0.3 is 5.69 Å². The summed E-state index contributed by atoms with van der Waals surface area (Å²) < 4.78 is 0. The molecule has 0 saturated heterocycles. The van der Waals surface area contributed by atoms with E-state index in [4.69, 9.17) is 10.4 Å². The predicted octanol–water partition coefficient (Wildman–Crippen LogP) is 0.307. The lowest BCUT2D eigenvalue weighted by Gasteiger charge is -2.02. The van der Waals surface area contributed by atoms with E-state index in [1.165, 1.54) is 24.3 Å². The summed E-state index contributed by atoms with van der Waals surface area (Å²) in [6.45, 7) is 0. The minimum atomic E-state index is -0.737. The van der Waals surface area contributed by atoms with Crippen molar-refractivity contribution in [3.05, 3.63) is 50.7 Å². The van der Waals surface area contributed by atoms with Crippen molar-refractivity contribution in [3.8, 4) is 23.1 Å². The van der Waals surface area contributed by atoms with Crippen LogP contribution < -0.4 is 11.2 Å². The number of nitrogens with zero attached hydrogens (tertiary/aromatic N) is 1. The summed E-state index contributed by atoms with van der Waals surface area (Å²) in [4.78, 5) is 26.9. The van der Waals surface area contributed by atoms with Crippen molar-refractivity contribution in [3.63, 3.8) is 0 Å². The second-order valence-electron chi connectivity index (χ2n) is 3.32. The molecule has 1 aromatic carbocycles. The molecular weight excluding hydrogens is 222 g/mol. The zero-order valence-corrected chi connectivity index (χ0v) is 8.52. The predicted molar refractivity (Wildman–Crippen MR) is 59.5 cm³/mol. The van der Waals surface area contributed by atoms with Crippen molar-refractivity contribution < 1.29 is 5.11 Å². The molecule has 0 amide bonds. The maximum absolute atomic E-state index is 11.4. The Morgan fingerprint density at radius 2 is 1.76 bits per heavy atom. The average Bonchev–Trinajstić information content (AvgIpc) is 2.29. The average molecular weight is 229 g/mol. The maximum Gasteiger partial charge on any atom is 0.326 e. The summed E-state index contributed by atoms with van der Waals surface area (Å²) in [5.74, 6) is 0.0550. The number of H-pyrrole nitrogens is 2. The number of nitrogens with one attached hydrogen (secondary N) is 2. The molecule has 0 aliphatic heterocycles. The maximum atomic E-state index is 11.4. The van der Waals surface area contributed by atoms with Crippen LogP contribution in [-0.2, 0) is 0 Å². The van der Waals surface area contributed by atoms with E-state index in [0.29, 0.717) is 5.56 Å². The number of aromatic amines is 2. The fraction of sp³-hybridized carbons (Fsp3) is 0. The normalized spacial score (nSPS) is 9.82. The summed E-state index contributed by atoms with van der Waals surface area (Å²) in [7, 11) is 0. The van der Waals surface area contributed by atoms with E-state index >= 15 is 0 Å². The van der Waals surface area contributed by atoms with Crippen LogP contribution in [0.25, 0.3) is 11.3 Å². The van der Waals surface area contributed by atoms with E-state index in [-0.39, 0.29) is 17.0 Å². The molecule has 0 spiro atoms. The highest BCUT2D eigenvalue weighted by Crippen LogP contribution is 2.20. The van der Waals surface area contributed by atoms with Crippen molar-refractivity contribution in [2.24, 2.45) is 0 Å². The van der Waals surface area contributed by atoms with Gasteiger partial charge in [0.1, 0.15) is 17.4 Å². The molecule has 0 radical (unpaired) electrons. The second kappa shape index (κ2) is 3.98. The van der Waals surface area contributed by atoms with Crippen LogP contribution in [0.4, 0.5) is 0 Å². The van der Waals surface area contributed by atoms with Crippen LogP contribution in [0.1, 0.15) is 5.56 Å². The first-order valence-corrected chi connectivity index (χ1v) is 4.68. The fourth-order valence-electron chi connectivity index (χ4n) is 1.44. The van der Waals surface area contributed by atoms with Crippen LogP contribution >= 0.6 is 0 Å². The molecule has 0 aliphatic carbocycles. The summed E-state index contributed by atoms with van der Waals surface area (Å²) in [6.07, 6.45) is 0. The van der Waals surface area contributed by atoms with Gasteiger partial charge in [-0.1, -0.05) is 0 Å². The molecule has 0 aliphatic rings. The van der Waals surface area contributed by atoms with Crippen LogP contribution in [0.3, 0.4) is 0 Å². The minimum Gasteiger partial charge on any atom is -0.508 e. The second-order valence-corrected chi connectivity index (χ2v) is 3.32. The lowest BCUT2D eigenvalue weighted by molar-refractivity contribution is 0.475. The van der Waals surface area contributed by atoms with E-state index in [9.17, 15) is 9.59 Å². The van der Waals surface area contributed by atoms with Crippen LogP contribution in [0.5, 0.6) is 5.75 Å². The van der Waals surface area contributed by atoms with E-state index in [1.807, 2.05) is 4.98 Å². The van der Waals surface area contributed by atoms with Crippen molar-refractivity contribution in [2.45, 2.75) is 0 Å². The number of nitriles is 1. The minimum absolute atomic E-state index is 0.0550. The third-order valence-corrected chi connectivity index (χ3v) is 2.21. The lowest BCUT2D eigenvalue weighted by atomic mass is 10.1. The van der Waals surface area contributed by atoms with Gasteiger partial charge < -0.3 is 10.1 Å². The Balaban J connectivity index is 2.75. The topological polar surface area (TPSA) is 110 Å². The van der Waals surface area contributed by atoms with Gasteiger partial charge in [-0.3, -0.25) is 9.78 Å². The van der Waals surface area contributed by atoms with Gasteiger partial charge in [0.05, 0.1) is 5.69 Å². The molecule has 2 rings (SSSR count). The molecule has 0 saturated carbocycles. The number of aromatic nitrogens is 2. The van der Waals surface area contributed by atoms with Gasteiger partial charge in [-0.15, -0.1) is 0 Å². The summed E-state index contributed by atoms with van der Waals surface area (Å²) in [5, 5.41) is 18.0. The number of benzene rings is 1. The Labute approximate surface area is 94.8 Å². The molecule has 84 valence electrons. The number of hydrogen-bond acceptors (Lipinski definition) is 4. The van der Waals surface area contributed by atoms with E-state index in [0.717, 1.165) is 0 Å². The van der Waals surface area contributed by atoms with Crippen molar-refractivity contribution >= 4 is 0 Å². The third-order valence-electron chi connectivity index (χ3n) is 2.21. The molecule has 0 bridgehead atoms. The molecule has 1 heterocycles. The number of phenols is 1. The first-order valence-electron chi connectivity index (χ1n) is 4.68. The van der Waals surface area contributed by atoms with Crippen molar-refractivity contribution in [2.75, 3.05) is 0 Å². The largest absolute Gasteiger partial charge is 0.508 e. The number of hydrogen-bond donors (Lipinski definition) is 3. The highest BCUT2D eigenvalue weighted by atomic mass is 16.3. The van der Waals surface area contributed by atoms with Gasteiger partial charge in [0.15, 0.2) is 0 Å². The fourth-order valence-corrected chi connectivity index (χ4v) is 1.44. The highest BCUT2D eigenvalue weighted by Gasteiger charge is 2.10. The molecule has 0 fully saturated rings. The van der Waals surface area contributed by atoms with Gasteiger partial charge in [-0.05, 0) is 29.8 Å². The third kappa shape index (κ3) is 1.94. The van der Waals surface area contributed by atoms with Gasteiger partial charge in [-0.2, -0.15) is 5.26 Å². The molecule has 6 heteroatoms. The zero-order valence-electron chi connectivity index (χ0n) is 8.52. The van der Waals surface area contributed by atoms with Gasteiger partial charge in [0, 0.05) is 0 Å². The monoisotopic (exact) mass is 229 g/mol. The first kappa shape index (κ1) is 10.7. The molecule has 6 nitrogen and oxygen atoms in total. The van der Waals surface area contributed by atoms with E-state index in [1.54, 1.807) is 6.07 Å². The van der Waals surface area contributed by atoms with Crippen molar-refractivity contribution in [1.29, 1.82) is 5.26 Å². The molecular formula is C11H7N3O3. The van der Waals surface area contributed by atoms with Crippen molar-refractivity contribution in [1.82, 2.24) is 9.97 Å². The van der Waals surface area contributed by atoms with Gasteiger partial charge in [0.2, 0.25) is 0 Å². The Hall–Kier alpha value is -2.81. The quantitative estimate of drug-likeness (QED) is 0.653. The molecule has 0 unspecified atom stereocenters. The Morgan fingerprint density at radius 3 is 2.35 bits per heavy atom. The molecule has 1 aromatic heterocycles. The Kier molecular flexibility index (Phi) is 2.51. The zero-order chi connectivity index (χ0) is 12.4. The molecule has 3 N–H and O–H groups in total. The van der Waals surface area contributed by atoms with Crippen LogP contribution in [0.15, 0.2) is 33.9 Å². The number of aromatic hydroxyl groups is 1. The number of rotatable bonds is 1. The molecule has 0 atom stereocenters. The number of phenolic OH excluding ortho intramolecular Hbond substituents is 1. The summed E-state index contributed by atoms with van der Waals surface area (Å²) in [5.41, 5.74) is -0.976. The smallest absolute Gasteiger partial charge is 0.326 e. The Bertz CT molecular complexity index is 704. The SMILES string of the molecule is N#Cc1c(-c2ccc(O)cc2)[nH]c(=O)[nH]c1=O. The molecule has 2 aromatic rings. The Morgan fingerprint density at radius 1 is 1.12 bits per heavy atom. The van der Waals surface area contributed by atoms with E-state index < -0.39 is 11.2 Å². The van der Waals surface area contributed by atoms with E-state index in [2.05, 4.69) is 4.98 Å². The first-order chi connectivity index (χ1) is 8.11. The standard InChI is InChI=1S/C11H7N3O3/c12-5-8-9(13-11(17)14-10(8)16)6-1-3-7(15)4-2-6/h1-4,15H,(H2,13,14,16,17). The lowest BCUT2D eigenvalue weighted by Crippen LogP contribution is -2.25. The highest BCUT2D eigenvalue weighted by molar-refractivity contribution is 5.66. The van der Waals surface area contributed by atoms with Crippen LogP contribution in [-0.4, -0.2) is 15.1 Å². The summed E-state index contributed by atoms with van der Waals surface area (Å²) in [6, 6.07) is 7.53. The van der Waals surface area contributed by atoms with Crippen LogP contribution in [0, 0.1) is 11.3 Å². The summed E-state index contributed by atoms with van der Waals surface area (Å²) >= 11 is 0. The van der Waals surface area contributed by atoms with Gasteiger partial charge in [0.25, 0.3) is 5.56 Å². The molecule has 17 heavy (non-hydrogen) atoms. The van der Waals surface area contributed by atoms with Crippen LogP contribution in [0.2, 0.25) is 0 Å². The van der Waals surface area contributed by atoms with Gasteiger partial charge in [-0.25, -0.2) is 4.79 Å².